The molecule has 5 aliphatic rings. The van der Waals surface area contributed by atoms with Gasteiger partial charge in [0.25, 0.3) is 0 Å². The molecule has 6 heterocycles. The fraction of sp³-hybridized carbons (Fsp3) is 0.0435. The van der Waals surface area contributed by atoms with Gasteiger partial charge in [-0.1, -0.05) is 382 Å². The van der Waals surface area contributed by atoms with Gasteiger partial charge in [-0.2, -0.15) is 0 Å². The number of para-hydroxylation sites is 2. The topological polar surface area (TPSA) is 61.4 Å². The fourth-order valence-electron chi connectivity index (χ4n) is 21.8. The summed E-state index contributed by atoms with van der Waals surface area (Å²) in [6.07, 6.45) is 9.03. The SMILES string of the molecule is CC1C=CC=CC1c1cc(-c2ccccc2)nc(-c2ccc(-n3c4ccccc4c4ccc5c(c43)Sc3ccccc3C53c4ccccc4-c4c(-c5ccc(-c6nc(-c7ccccc7)nc(-c7ccc(-n8c9ccccc9c9ccc%10c(c98)Sc8ccccc8C%108c9ccccc9-c9ccccc98)c8ccccc78)n6)cc5)cccc43)c3ccccc23)c1. The number of pyridine rings is 1. The van der Waals surface area contributed by atoms with Crippen LogP contribution in [0.2, 0.25) is 0 Å². The van der Waals surface area contributed by atoms with Crippen molar-refractivity contribution < 1.29 is 0 Å². The minimum Gasteiger partial charge on any atom is -0.307 e. The van der Waals surface area contributed by atoms with E-state index < -0.39 is 10.8 Å². The summed E-state index contributed by atoms with van der Waals surface area (Å²) in [5.74, 6) is 2.35. The lowest BCUT2D eigenvalue weighted by Gasteiger charge is -2.40. The van der Waals surface area contributed by atoms with Crippen molar-refractivity contribution >= 4 is 88.7 Å². The highest BCUT2D eigenvalue weighted by Gasteiger charge is 2.53. The molecule has 0 saturated heterocycles. The van der Waals surface area contributed by atoms with E-state index >= 15 is 0 Å². The fourth-order valence-corrected chi connectivity index (χ4v) is 24.5. The van der Waals surface area contributed by atoms with Crippen molar-refractivity contribution in [3.05, 3.63) is 457 Å². The summed E-state index contributed by atoms with van der Waals surface area (Å²) in [5, 5.41) is 9.30. The summed E-state index contributed by atoms with van der Waals surface area (Å²) in [6.45, 7) is 2.32. The van der Waals surface area contributed by atoms with E-state index in [9.17, 15) is 0 Å². The highest BCUT2D eigenvalue weighted by molar-refractivity contribution is 8.00. The normalized spacial score (nSPS) is 16.0. The molecule has 17 aromatic carbocycles. The van der Waals surface area contributed by atoms with E-state index in [4.69, 9.17) is 19.9 Å². The number of aromatic nitrogens is 6. The van der Waals surface area contributed by atoms with E-state index in [1.165, 1.54) is 124 Å². The van der Waals surface area contributed by atoms with E-state index in [1.54, 1.807) is 0 Å². The van der Waals surface area contributed by atoms with E-state index in [2.05, 4.69) is 416 Å². The van der Waals surface area contributed by atoms with Crippen molar-refractivity contribution in [2.45, 2.75) is 43.3 Å². The molecule has 0 N–H and O–H groups in total. The molecule has 6 nitrogen and oxygen atoms in total. The van der Waals surface area contributed by atoms with Gasteiger partial charge in [-0.3, -0.25) is 0 Å². The van der Waals surface area contributed by atoms with Crippen LogP contribution in [0.5, 0.6) is 0 Å². The zero-order valence-electron chi connectivity index (χ0n) is 66.8. The summed E-state index contributed by atoms with van der Waals surface area (Å²) in [6, 6.07) is 142. The molecule has 0 bridgehead atoms. The number of allylic oxidation sites excluding steroid dienone is 4. The van der Waals surface area contributed by atoms with Gasteiger partial charge in [0.2, 0.25) is 0 Å². The maximum Gasteiger partial charge on any atom is 0.164 e. The molecule has 0 saturated carbocycles. The first-order valence-electron chi connectivity index (χ1n) is 42.4. The van der Waals surface area contributed by atoms with Crippen LogP contribution in [0.25, 0.3) is 167 Å². The van der Waals surface area contributed by atoms with Crippen molar-refractivity contribution in [1.82, 2.24) is 29.1 Å². The molecule has 574 valence electrons. The molecule has 3 unspecified atom stereocenters. The second kappa shape index (κ2) is 27.1. The summed E-state index contributed by atoms with van der Waals surface area (Å²) in [4.78, 5) is 27.0. The van der Waals surface area contributed by atoms with Gasteiger partial charge in [0.15, 0.2) is 17.5 Å². The lowest BCUT2D eigenvalue weighted by atomic mass is 9.67. The van der Waals surface area contributed by atoms with Crippen molar-refractivity contribution in [2.24, 2.45) is 5.92 Å². The summed E-state index contributed by atoms with van der Waals surface area (Å²) < 4.78 is 5.13. The molecule has 2 aliphatic heterocycles. The predicted octanol–water partition coefficient (Wildman–Crippen LogP) is 29.3. The van der Waals surface area contributed by atoms with E-state index in [1.807, 2.05) is 29.6 Å². The Kier molecular flexibility index (Phi) is 15.4. The first kappa shape index (κ1) is 70.1. The van der Waals surface area contributed by atoms with Crippen molar-refractivity contribution in [3.63, 3.8) is 0 Å². The van der Waals surface area contributed by atoms with Crippen LogP contribution >= 0.6 is 23.5 Å². The molecule has 21 aromatic rings. The molecular formula is C115H72N6S2. The molecule has 26 rings (SSSR count). The summed E-state index contributed by atoms with van der Waals surface area (Å²) >= 11 is 3.81. The maximum absolute atomic E-state index is 5.57. The van der Waals surface area contributed by atoms with Gasteiger partial charge in [-0.15, -0.1) is 0 Å². The van der Waals surface area contributed by atoms with Gasteiger partial charge < -0.3 is 9.13 Å². The molecule has 123 heavy (non-hydrogen) atoms. The number of hydrogen-bond acceptors (Lipinski definition) is 6. The van der Waals surface area contributed by atoms with Crippen LogP contribution < -0.4 is 0 Å². The molecule has 0 amide bonds. The molecule has 8 heteroatoms. The zero-order chi connectivity index (χ0) is 80.8. The van der Waals surface area contributed by atoms with Gasteiger partial charge in [-0.25, -0.2) is 19.9 Å². The first-order valence-corrected chi connectivity index (χ1v) is 44.1. The number of hydrogen-bond donors (Lipinski definition) is 0. The van der Waals surface area contributed by atoms with Crippen molar-refractivity contribution in [3.8, 4) is 101 Å². The Balaban J connectivity index is 0.611. The van der Waals surface area contributed by atoms with Crippen LogP contribution in [0.15, 0.2) is 426 Å². The third-order valence-corrected chi connectivity index (χ3v) is 29.4. The number of benzene rings is 17. The van der Waals surface area contributed by atoms with Crippen LogP contribution in [-0.2, 0) is 10.8 Å². The third-order valence-electron chi connectivity index (χ3n) is 27.1. The number of nitrogens with zero attached hydrogens (tertiary/aromatic N) is 6. The highest BCUT2D eigenvalue weighted by atomic mass is 32.2. The second-order valence-corrected chi connectivity index (χ2v) is 35.3. The Labute approximate surface area is 719 Å². The quantitative estimate of drug-likeness (QED) is 0.144. The van der Waals surface area contributed by atoms with Gasteiger partial charge in [0.05, 0.1) is 55.7 Å². The van der Waals surface area contributed by atoms with Crippen LogP contribution in [0.1, 0.15) is 62.9 Å². The van der Waals surface area contributed by atoms with E-state index in [-0.39, 0.29) is 5.92 Å². The number of rotatable bonds is 9. The predicted molar refractivity (Wildman–Crippen MR) is 507 cm³/mol. The molecule has 3 aliphatic carbocycles. The second-order valence-electron chi connectivity index (χ2n) is 33.2. The summed E-state index contributed by atoms with van der Waals surface area (Å²) in [5.41, 5.74) is 31.5. The Hall–Kier alpha value is -14.8. The average Bonchev–Trinajstić information content (AvgIpc) is 1.51. The molecule has 0 radical (unpaired) electrons. The summed E-state index contributed by atoms with van der Waals surface area (Å²) in [7, 11) is 0. The van der Waals surface area contributed by atoms with E-state index in [0.717, 1.165) is 94.3 Å². The van der Waals surface area contributed by atoms with Gasteiger partial charge >= 0.3 is 0 Å². The first-order chi connectivity index (χ1) is 60.9. The monoisotopic (exact) mass is 1600 g/mol. The maximum atomic E-state index is 5.57. The Morgan fingerprint density at radius 1 is 0.268 bits per heavy atom. The molecule has 3 atom stereocenters. The van der Waals surface area contributed by atoms with Crippen molar-refractivity contribution in [1.29, 1.82) is 0 Å². The van der Waals surface area contributed by atoms with E-state index in [0.29, 0.717) is 23.4 Å². The van der Waals surface area contributed by atoms with Crippen molar-refractivity contribution in [2.75, 3.05) is 0 Å². The Morgan fingerprint density at radius 2 is 0.691 bits per heavy atom. The standard InChI is InChI=1S/C115H72N6S2/c1-69-29-8-9-34-75(69)74-67-98(71-30-4-2-5-31-71)116-99(68-74)81-61-65-102(82-39-12-10-35-77(81)82)120-100-51-24-17-42-85(100)87-60-64-97-110(108(87)120)123-105-54-27-23-49-94(105)115(97)92-47-21-16-43-89(92)106-76(44-28-50-95(106)115)70-55-57-73(58-56-70)112-117-111(72-32-6-3-7-33-72)118-113(119-112)88-62-66-103(83-40-13-11-36-78(83)88)121-101-52-25-18-41-84(101)86-59-63-96-109(107(86)121)122-104-53-26-22-48-93(104)114(96)90-45-19-14-37-79(90)80-38-15-20-46-91(80)114/h2-69,75H,1H3. The Morgan fingerprint density at radius 3 is 1.28 bits per heavy atom. The van der Waals surface area contributed by atoms with Crippen LogP contribution in [0.4, 0.5) is 0 Å². The molecular weight excluding hydrogens is 1530 g/mol. The largest absolute Gasteiger partial charge is 0.307 e. The lowest BCUT2D eigenvalue weighted by Crippen LogP contribution is -2.32. The van der Waals surface area contributed by atoms with Crippen LogP contribution in [0, 0.1) is 5.92 Å². The Bertz CT molecular complexity index is 8130. The minimum atomic E-state index is -0.694. The smallest absolute Gasteiger partial charge is 0.164 e. The van der Waals surface area contributed by atoms with Gasteiger partial charge in [-0.05, 0) is 155 Å². The third kappa shape index (κ3) is 10.1. The van der Waals surface area contributed by atoms with Gasteiger partial charge in [0, 0.05) is 85.6 Å². The van der Waals surface area contributed by atoms with Gasteiger partial charge in [0.1, 0.15) is 0 Å². The molecule has 2 spiro atoms. The molecule has 4 aromatic heterocycles. The minimum absolute atomic E-state index is 0.217. The number of fused-ring (bicyclic) bond motifs is 28. The average molecular weight is 1600 g/mol. The van der Waals surface area contributed by atoms with Crippen LogP contribution in [-0.4, -0.2) is 29.1 Å². The lowest BCUT2D eigenvalue weighted by molar-refractivity contribution is 0.635. The molecule has 0 fully saturated rings. The zero-order valence-corrected chi connectivity index (χ0v) is 68.5. The van der Waals surface area contributed by atoms with Crippen LogP contribution in [0.3, 0.4) is 0 Å². The highest BCUT2D eigenvalue weighted by Crippen LogP contribution is 2.67.